The summed E-state index contributed by atoms with van der Waals surface area (Å²) in [6.45, 7) is 2.73. The monoisotopic (exact) mass is 219 g/mol. The van der Waals surface area contributed by atoms with Gasteiger partial charge in [0.2, 0.25) is 0 Å². The summed E-state index contributed by atoms with van der Waals surface area (Å²) in [5.41, 5.74) is 8.60. The van der Waals surface area contributed by atoms with Crippen LogP contribution in [0.2, 0.25) is 0 Å². The van der Waals surface area contributed by atoms with Crippen molar-refractivity contribution in [2.45, 2.75) is 13.5 Å². The van der Waals surface area contributed by atoms with Gasteiger partial charge in [-0.05, 0) is 19.1 Å². The minimum Gasteiger partial charge on any atom is -0.397 e. The Morgan fingerprint density at radius 1 is 1.40 bits per heavy atom. The number of anilines is 2. The van der Waals surface area contributed by atoms with Gasteiger partial charge in [0.1, 0.15) is 0 Å². The fourth-order valence-electron chi connectivity index (χ4n) is 1.33. The molecule has 2 rings (SSSR count). The van der Waals surface area contributed by atoms with E-state index < -0.39 is 0 Å². The number of nitrogens with two attached hydrogens (primary N) is 1. The number of nitrogens with one attached hydrogen (secondary N) is 1. The number of aromatic nitrogens is 1. The van der Waals surface area contributed by atoms with Crippen molar-refractivity contribution in [1.82, 2.24) is 4.98 Å². The molecular formula is C11H13N3S. The molecule has 1 aromatic carbocycles. The first-order valence-electron chi connectivity index (χ1n) is 4.75. The van der Waals surface area contributed by atoms with Gasteiger partial charge in [-0.15, -0.1) is 11.3 Å². The van der Waals surface area contributed by atoms with Crippen LogP contribution in [0.25, 0.3) is 0 Å². The van der Waals surface area contributed by atoms with E-state index in [-0.39, 0.29) is 0 Å². The summed E-state index contributed by atoms with van der Waals surface area (Å²) in [6.07, 6.45) is 0. The lowest BCUT2D eigenvalue weighted by Crippen LogP contribution is -2.02. The van der Waals surface area contributed by atoms with E-state index in [0.29, 0.717) is 0 Å². The Morgan fingerprint density at radius 3 is 2.87 bits per heavy atom. The van der Waals surface area contributed by atoms with E-state index >= 15 is 0 Å². The third-order valence-electron chi connectivity index (χ3n) is 2.09. The molecule has 1 heterocycles. The molecule has 0 radical (unpaired) electrons. The first kappa shape index (κ1) is 9.98. The highest BCUT2D eigenvalue weighted by Crippen LogP contribution is 2.18. The summed E-state index contributed by atoms with van der Waals surface area (Å²) in [5, 5.41) is 6.41. The van der Waals surface area contributed by atoms with Crippen molar-refractivity contribution in [3.8, 4) is 0 Å². The molecule has 0 amide bonds. The van der Waals surface area contributed by atoms with Crippen LogP contribution in [0, 0.1) is 6.92 Å². The van der Waals surface area contributed by atoms with Gasteiger partial charge in [0.15, 0.2) is 0 Å². The Labute approximate surface area is 93.0 Å². The second kappa shape index (κ2) is 4.31. The van der Waals surface area contributed by atoms with Gasteiger partial charge in [-0.3, -0.25) is 0 Å². The summed E-state index contributed by atoms with van der Waals surface area (Å²) < 4.78 is 0. The van der Waals surface area contributed by atoms with E-state index in [9.17, 15) is 0 Å². The van der Waals surface area contributed by atoms with Crippen LogP contribution < -0.4 is 11.1 Å². The number of hydrogen-bond donors (Lipinski definition) is 2. The molecule has 0 saturated heterocycles. The molecule has 0 aliphatic rings. The number of nitrogens with zero attached hydrogens (tertiary/aromatic N) is 1. The maximum absolute atomic E-state index is 5.81. The number of nitrogen functional groups attached to an aromatic ring is 1. The zero-order valence-electron chi connectivity index (χ0n) is 8.53. The van der Waals surface area contributed by atoms with Crippen molar-refractivity contribution in [1.29, 1.82) is 0 Å². The molecule has 78 valence electrons. The SMILES string of the molecule is Cc1nc(CNc2ccccc2N)cs1. The molecule has 2 aromatic rings. The Balaban J connectivity index is 2.02. The number of benzene rings is 1. The smallest absolute Gasteiger partial charge is 0.0898 e. The zero-order valence-corrected chi connectivity index (χ0v) is 9.34. The quantitative estimate of drug-likeness (QED) is 0.780. The molecule has 3 N–H and O–H groups in total. The number of thiazole rings is 1. The van der Waals surface area contributed by atoms with E-state index in [4.69, 9.17) is 5.73 Å². The van der Waals surface area contributed by atoms with Crippen molar-refractivity contribution in [3.63, 3.8) is 0 Å². The molecule has 0 unspecified atom stereocenters. The molecule has 0 fully saturated rings. The Kier molecular flexibility index (Phi) is 2.87. The highest BCUT2D eigenvalue weighted by atomic mass is 32.1. The molecule has 1 aromatic heterocycles. The highest BCUT2D eigenvalue weighted by molar-refractivity contribution is 7.09. The van der Waals surface area contributed by atoms with Gasteiger partial charge in [-0.25, -0.2) is 4.98 Å². The van der Waals surface area contributed by atoms with Crippen LogP contribution in [0.4, 0.5) is 11.4 Å². The van der Waals surface area contributed by atoms with Gasteiger partial charge in [0, 0.05) is 5.38 Å². The zero-order chi connectivity index (χ0) is 10.7. The second-order valence-electron chi connectivity index (χ2n) is 3.30. The lowest BCUT2D eigenvalue weighted by molar-refractivity contribution is 1.06. The van der Waals surface area contributed by atoms with Crippen LogP contribution in [-0.4, -0.2) is 4.98 Å². The average molecular weight is 219 g/mol. The second-order valence-corrected chi connectivity index (χ2v) is 4.36. The molecule has 0 aliphatic heterocycles. The van der Waals surface area contributed by atoms with Crippen LogP contribution in [0.5, 0.6) is 0 Å². The van der Waals surface area contributed by atoms with Gasteiger partial charge in [0.25, 0.3) is 0 Å². The van der Waals surface area contributed by atoms with Gasteiger partial charge in [-0.1, -0.05) is 12.1 Å². The summed E-state index contributed by atoms with van der Waals surface area (Å²) in [4.78, 5) is 4.37. The molecule has 0 saturated carbocycles. The van der Waals surface area contributed by atoms with E-state index in [1.807, 2.05) is 31.2 Å². The lowest BCUT2D eigenvalue weighted by atomic mass is 10.2. The molecule has 0 spiro atoms. The van der Waals surface area contributed by atoms with Crippen LogP contribution in [0.15, 0.2) is 29.6 Å². The molecular weight excluding hydrogens is 206 g/mol. The Hall–Kier alpha value is -1.55. The van der Waals surface area contributed by atoms with Gasteiger partial charge >= 0.3 is 0 Å². The predicted molar refractivity (Wildman–Crippen MR) is 65.0 cm³/mol. The van der Waals surface area contributed by atoms with Crippen LogP contribution >= 0.6 is 11.3 Å². The van der Waals surface area contributed by atoms with E-state index in [2.05, 4.69) is 15.7 Å². The third kappa shape index (κ3) is 2.47. The largest absolute Gasteiger partial charge is 0.397 e. The van der Waals surface area contributed by atoms with Crippen molar-refractivity contribution in [2.75, 3.05) is 11.1 Å². The fourth-order valence-corrected chi connectivity index (χ4v) is 1.95. The first-order valence-corrected chi connectivity index (χ1v) is 5.63. The number of para-hydroxylation sites is 2. The molecule has 0 bridgehead atoms. The summed E-state index contributed by atoms with van der Waals surface area (Å²) in [7, 11) is 0. The maximum Gasteiger partial charge on any atom is 0.0898 e. The van der Waals surface area contributed by atoms with Crippen molar-refractivity contribution >= 4 is 22.7 Å². The van der Waals surface area contributed by atoms with E-state index in [1.165, 1.54) is 0 Å². The van der Waals surface area contributed by atoms with Gasteiger partial charge in [0.05, 0.1) is 28.6 Å². The molecule has 0 atom stereocenters. The van der Waals surface area contributed by atoms with E-state index in [1.54, 1.807) is 11.3 Å². The number of rotatable bonds is 3. The summed E-state index contributed by atoms with van der Waals surface area (Å²) >= 11 is 1.66. The number of hydrogen-bond acceptors (Lipinski definition) is 4. The van der Waals surface area contributed by atoms with Crippen LogP contribution in [0.1, 0.15) is 10.7 Å². The van der Waals surface area contributed by atoms with Crippen molar-refractivity contribution in [3.05, 3.63) is 40.3 Å². The first-order chi connectivity index (χ1) is 7.25. The van der Waals surface area contributed by atoms with E-state index in [0.717, 1.165) is 28.6 Å². The fraction of sp³-hybridized carbons (Fsp3) is 0.182. The summed E-state index contributed by atoms with van der Waals surface area (Å²) in [6, 6.07) is 7.74. The van der Waals surface area contributed by atoms with Gasteiger partial charge in [-0.2, -0.15) is 0 Å². The number of aryl methyl sites for hydroxylation is 1. The van der Waals surface area contributed by atoms with Gasteiger partial charge < -0.3 is 11.1 Å². The predicted octanol–water partition coefficient (Wildman–Crippen LogP) is 2.65. The van der Waals surface area contributed by atoms with Crippen LogP contribution in [-0.2, 0) is 6.54 Å². The minimum absolute atomic E-state index is 0.721. The summed E-state index contributed by atoms with van der Waals surface area (Å²) in [5.74, 6) is 0. The molecule has 15 heavy (non-hydrogen) atoms. The van der Waals surface area contributed by atoms with Crippen molar-refractivity contribution in [2.24, 2.45) is 0 Å². The average Bonchev–Trinajstić information content (AvgIpc) is 2.63. The standard InChI is InChI=1S/C11H13N3S/c1-8-14-9(7-15-8)6-13-11-5-3-2-4-10(11)12/h2-5,7,13H,6,12H2,1H3. The third-order valence-corrected chi connectivity index (χ3v) is 2.91. The molecule has 3 nitrogen and oxygen atoms in total. The topological polar surface area (TPSA) is 50.9 Å². The molecule has 4 heteroatoms. The van der Waals surface area contributed by atoms with Crippen LogP contribution in [0.3, 0.4) is 0 Å². The van der Waals surface area contributed by atoms with Crippen molar-refractivity contribution < 1.29 is 0 Å². The minimum atomic E-state index is 0.721. The Morgan fingerprint density at radius 2 is 2.20 bits per heavy atom. The Bertz CT molecular complexity index is 451. The lowest BCUT2D eigenvalue weighted by Gasteiger charge is -2.06. The molecule has 0 aliphatic carbocycles. The highest BCUT2D eigenvalue weighted by Gasteiger charge is 1.99. The normalized spacial score (nSPS) is 10.2. The maximum atomic E-state index is 5.81.